The molecular weight excluding hydrogens is 206 g/mol. The smallest absolute Gasteiger partial charge is 0.00252 e. The lowest BCUT2D eigenvalue weighted by Gasteiger charge is -2.32. The van der Waals surface area contributed by atoms with E-state index < -0.39 is 0 Å². The summed E-state index contributed by atoms with van der Waals surface area (Å²) in [6.45, 7) is 0.866. The molecule has 0 amide bonds. The lowest BCUT2D eigenvalue weighted by atomic mass is 9.73. The molecule has 2 aliphatic carbocycles. The fourth-order valence-corrected chi connectivity index (χ4v) is 4.10. The molecule has 3 rings (SSSR count). The number of nitrogens with two attached hydrogens (primary N) is 1. The Morgan fingerprint density at radius 3 is 2.35 bits per heavy atom. The van der Waals surface area contributed by atoms with Crippen molar-refractivity contribution in [2.45, 2.75) is 43.9 Å². The van der Waals surface area contributed by atoms with Crippen molar-refractivity contribution in [3.8, 4) is 0 Å². The average molecular weight is 229 g/mol. The fourth-order valence-electron chi connectivity index (χ4n) is 4.10. The summed E-state index contributed by atoms with van der Waals surface area (Å²) < 4.78 is 0. The van der Waals surface area contributed by atoms with Gasteiger partial charge >= 0.3 is 0 Å². The van der Waals surface area contributed by atoms with E-state index in [4.69, 9.17) is 5.73 Å². The van der Waals surface area contributed by atoms with Crippen LogP contribution in [0.2, 0.25) is 0 Å². The maximum atomic E-state index is 5.95. The molecule has 2 saturated carbocycles. The Morgan fingerprint density at radius 1 is 1.06 bits per heavy atom. The summed E-state index contributed by atoms with van der Waals surface area (Å²) in [5, 5.41) is 0. The maximum Gasteiger partial charge on any atom is 0.00252 e. The Hall–Kier alpha value is -0.820. The first-order valence-corrected chi connectivity index (χ1v) is 7.13. The van der Waals surface area contributed by atoms with Gasteiger partial charge in [-0.05, 0) is 43.2 Å². The molecule has 1 aromatic rings. The number of rotatable bonds is 3. The number of hydrogen-bond donors (Lipinski definition) is 1. The molecule has 92 valence electrons. The van der Waals surface area contributed by atoms with E-state index in [0.717, 1.165) is 18.4 Å². The van der Waals surface area contributed by atoms with Crippen LogP contribution in [0.5, 0.6) is 0 Å². The third-order valence-electron chi connectivity index (χ3n) is 5.08. The Bertz CT molecular complexity index is 366. The van der Waals surface area contributed by atoms with Crippen molar-refractivity contribution in [2.75, 3.05) is 6.54 Å². The van der Waals surface area contributed by atoms with Crippen molar-refractivity contribution in [3.05, 3.63) is 35.9 Å². The highest BCUT2D eigenvalue weighted by atomic mass is 14.7. The van der Waals surface area contributed by atoms with Gasteiger partial charge in [0.15, 0.2) is 0 Å². The van der Waals surface area contributed by atoms with E-state index in [1.54, 1.807) is 5.56 Å². The van der Waals surface area contributed by atoms with Crippen LogP contribution in [0.25, 0.3) is 0 Å². The molecule has 0 heterocycles. The molecule has 0 aromatic heterocycles. The quantitative estimate of drug-likeness (QED) is 0.843. The van der Waals surface area contributed by atoms with Crippen LogP contribution >= 0.6 is 0 Å². The van der Waals surface area contributed by atoms with E-state index in [0.29, 0.717) is 5.41 Å². The van der Waals surface area contributed by atoms with Gasteiger partial charge in [0.2, 0.25) is 0 Å². The monoisotopic (exact) mass is 229 g/mol. The number of hydrogen-bond acceptors (Lipinski definition) is 1. The molecule has 0 saturated heterocycles. The predicted molar refractivity (Wildman–Crippen MR) is 71.9 cm³/mol. The van der Waals surface area contributed by atoms with Gasteiger partial charge in [0.05, 0.1) is 0 Å². The molecule has 1 aromatic carbocycles. The molecule has 0 spiro atoms. The first-order valence-electron chi connectivity index (χ1n) is 7.13. The topological polar surface area (TPSA) is 26.0 Å². The molecule has 0 radical (unpaired) electrons. The standard InChI is InChI=1S/C16H23N/c17-12-15-11-16(15,13-7-3-1-4-8-13)14-9-5-2-6-10-14/h1,3-4,7-8,14-15H,2,5-6,9-12,17H2/t15-,16?/m0/s1. The van der Waals surface area contributed by atoms with Gasteiger partial charge in [0.25, 0.3) is 0 Å². The Balaban J connectivity index is 1.89. The van der Waals surface area contributed by atoms with Crippen LogP contribution in [-0.2, 0) is 5.41 Å². The fraction of sp³-hybridized carbons (Fsp3) is 0.625. The Morgan fingerprint density at radius 2 is 1.76 bits per heavy atom. The van der Waals surface area contributed by atoms with Gasteiger partial charge in [-0.25, -0.2) is 0 Å². The average Bonchev–Trinajstić information content (AvgIpc) is 3.17. The van der Waals surface area contributed by atoms with Crippen LogP contribution in [0, 0.1) is 11.8 Å². The zero-order valence-corrected chi connectivity index (χ0v) is 10.6. The minimum atomic E-state index is 0.455. The van der Waals surface area contributed by atoms with E-state index in [1.165, 1.54) is 38.5 Å². The minimum Gasteiger partial charge on any atom is -0.330 e. The third-order valence-corrected chi connectivity index (χ3v) is 5.08. The lowest BCUT2D eigenvalue weighted by molar-refractivity contribution is 0.275. The molecular formula is C16H23N. The van der Waals surface area contributed by atoms with Gasteiger partial charge in [-0.2, -0.15) is 0 Å². The van der Waals surface area contributed by atoms with Crippen LogP contribution in [-0.4, -0.2) is 6.54 Å². The summed E-state index contributed by atoms with van der Waals surface area (Å²) >= 11 is 0. The lowest BCUT2D eigenvalue weighted by Crippen LogP contribution is -2.27. The summed E-state index contributed by atoms with van der Waals surface area (Å²) in [5.74, 6) is 1.64. The van der Waals surface area contributed by atoms with Crippen LogP contribution in [0.1, 0.15) is 44.1 Å². The summed E-state index contributed by atoms with van der Waals surface area (Å²) in [4.78, 5) is 0. The van der Waals surface area contributed by atoms with E-state index in [2.05, 4.69) is 30.3 Å². The van der Waals surface area contributed by atoms with E-state index in [1.807, 2.05) is 0 Å². The highest BCUT2D eigenvalue weighted by Crippen LogP contribution is 2.61. The predicted octanol–water partition coefficient (Wildman–Crippen LogP) is 3.48. The zero-order chi connectivity index (χ0) is 11.7. The van der Waals surface area contributed by atoms with Crippen molar-refractivity contribution in [1.29, 1.82) is 0 Å². The van der Waals surface area contributed by atoms with E-state index in [-0.39, 0.29) is 0 Å². The Labute approximate surface area is 104 Å². The van der Waals surface area contributed by atoms with Crippen LogP contribution in [0.3, 0.4) is 0 Å². The largest absolute Gasteiger partial charge is 0.330 e. The molecule has 1 unspecified atom stereocenters. The minimum absolute atomic E-state index is 0.455. The van der Waals surface area contributed by atoms with Crippen LogP contribution in [0.15, 0.2) is 30.3 Å². The molecule has 2 atom stereocenters. The summed E-state index contributed by atoms with van der Waals surface area (Å²) in [5.41, 5.74) is 7.97. The van der Waals surface area contributed by atoms with Crippen LogP contribution in [0.4, 0.5) is 0 Å². The van der Waals surface area contributed by atoms with Crippen molar-refractivity contribution in [3.63, 3.8) is 0 Å². The highest BCUT2D eigenvalue weighted by Gasteiger charge is 2.58. The molecule has 2 N–H and O–H groups in total. The molecule has 1 heteroatoms. The van der Waals surface area contributed by atoms with Crippen LogP contribution < -0.4 is 5.73 Å². The molecule has 2 aliphatic rings. The van der Waals surface area contributed by atoms with E-state index in [9.17, 15) is 0 Å². The molecule has 17 heavy (non-hydrogen) atoms. The summed E-state index contributed by atoms with van der Waals surface area (Å²) in [6, 6.07) is 11.1. The molecule has 0 aliphatic heterocycles. The van der Waals surface area contributed by atoms with Gasteiger partial charge in [-0.15, -0.1) is 0 Å². The highest BCUT2D eigenvalue weighted by molar-refractivity contribution is 5.35. The van der Waals surface area contributed by atoms with Crippen molar-refractivity contribution < 1.29 is 0 Å². The van der Waals surface area contributed by atoms with Gasteiger partial charge in [0.1, 0.15) is 0 Å². The van der Waals surface area contributed by atoms with E-state index >= 15 is 0 Å². The second-order valence-electron chi connectivity index (χ2n) is 5.88. The first kappa shape index (κ1) is 11.3. The van der Waals surface area contributed by atoms with Gasteiger partial charge in [-0.3, -0.25) is 0 Å². The molecule has 0 bridgehead atoms. The van der Waals surface area contributed by atoms with Crippen molar-refractivity contribution in [2.24, 2.45) is 17.6 Å². The first-order chi connectivity index (χ1) is 8.38. The maximum absolute atomic E-state index is 5.95. The molecule has 2 fully saturated rings. The molecule has 1 nitrogen and oxygen atoms in total. The summed E-state index contributed by atoms with van der Waals surface area (Å²) in [7, 11) is 0. The second-order valence-corrected chi connectivity index (χ2v) is 5.88. The van der Waals surface area contributed by atoms with Crippen molar-refractivity contribution in [1.82, 2.24) is 0 Å². The van der Waals surface area contributed by atoms with Gasteiger partial charge in [0, 0.05) is 5.41 Å². The SMILES string of the molecule is NC[C@@H]1CC1(c1ccccc1)C1CCCCC1. The summed E-state index contributed by atoms with van der Waals surface area (Å²) in [6.07, 6.45) is 8.47. The van der Waals surface area contributed by atoms with Gasteiger partial charge < -0.3 is 5.73 Å². The van der Waals surface area contributed by atoms with Gasteiger partial charge in [-0.1, -0.05) is 49.6 Å². The Kier molecular flexibility index (Phi) is 2.96. The van der Waals surface area contributed by atoms with Crippen molar-refractivity contribution >= 4 is 0 Å². The number of benzene rings is 1. The zero-order valence-electron chi connectivity index (χ0n) is 10.6. The second kappa shape index (κ2) is 4.45. The third kappa shape index (κ3) is 1.81. The normalized spacial score (nSPS) is 33.6.